The second-order valence-electron chi connectivity index (χ2n) is 5.18. The lowest BCUT2D eigenvalue weighted by molar-refractivity contribution is 0.434. The van der Waals surface area contributed by atoms with Crippen LogP contribution in [0, 0.1) is 0 Å². The standard InChI is InChI=1S/C17H20BrNO2/c1-3-17(12-4-6-14(18)7-5-12)19-11(2)13-8-15(20)10-16(21)9-13/h4-11,17,19-21H,3H2,1-2H3. The summed E-state index contributed by atoms with van der Waals surface area (Å²) in [6, 6.07) is 13.2. The molecule has 0 aromatic heterocycles. The van der Waals surface area contributed by atoms with Gasteiger partial charge in [-0.15, -0.1) is 0 Å². The maximum Gasteiger partial charge on any atom is 0.119 e. The number of nitrogens with one attached hydrogen (secondary N) is 1. The van der Waals surface area contributed by atoms with Gasteiger partial charge in [0.2, 0.25) is 0 Å². The smallest absolute Gasteiger partial charge is 0.119 e. The van der Waals surface area contributed by atoms with Crippen LogP contribution in [0.3, 0.4) is 0 Å². The fraction of sp³-hybridized carbons (Fsp3) is 0.294. The first-order valence-corrected chi connectivity index (χ1v) is 7.83. The van der Waals surface area contributed by atoms with Crippen LogP contribution < -0.4 is 5.32 Å². The van der Waals surface area contributed by atoms with E-state index in [1.807, 2.05) is 19.1 Å². The lowest BCUT2D eigenvalue weighted by Crippen LogP contribution is -2.24. The number of hydrogen-bond donors (Lipinski definition) is 3. The van der Waals surface area contributed by atoms with Crippen molar-refractivity contribution in [3.63, 3.8) is 0 Å². The lowest BCUT2D eigenvalue weighted by Gasteiger charge is -2.23. The minimum Gasteiger partial charge on any atom is -0.508 e. The Hall–Kier alpha value is -1.52. The Morgan fingerprint density at radius 3 is 2.10 bits per heavy atom. The Labute approximate surface area is 133 Å². The topological polar surface area (TPSA) is 52.5 Å². The summed E-state index contributed by atoms with van der Waals surface area (Å²) >= 11 is 3.44. The zero-order valence-electron chi connectivity index (χ0n) is 12.2. The molecule has 0 saturated heterocycles. The van der Waals surface area contributed by atoms with E-state index in [-0.39, 0.29) is 23.6 Å². The zero-order chi connectivity index (χ0) is 15.4. The second kappa shape index (κ2) is 6.96. The van der Waals surface area contributed by atoms with E-state index in [0.29, 0.717) is 0 Å². The van der Waals surface area contributed by atoms with Gasteiger partial charge in [-0.05, 0) is 48.7 Å². The van der Waals surface area contributed by atoms with Gasteiger partial charge in [-0.25, -0.2) is 0 Å². The molecular weight excluding hydrogens is 330 g/mol. The molecule has 0 fully saturated rings. The van der Waals surface area contributed by atoms with Crippen LogP contribution in [0.5, 0.6) is 11.5 Å². The number of phenolic OH excluding ortho intramolecular Hbond substituents is 2. The van der Waals surface area contributed by atoms with Gasteiger partial charge in [0.25, 0.3) is 0 Å². The first-order chi connectivity index (χ1) is 9.99. The predicted octanol–water partition coefficient (Wildman–Crippen LogP) is 4.66. The Morgan fingerprint density at radius 2 is 1.57 bits per heavy atom. The molecular formula is C17H20BrNO2. The van der Waals surface area contributed by atoms with Gasteiger partial charge in [0, 0.05) is 22.6 Å². The highest BCUT2D eigenvalue weighted by molar-refractivity contribution is 9.10. The Balaban J connectivity index is 2.15. The minimum atomic E-state index is 0.0246. The lowest BCUT2D eigenvalue weighted by atomic mass is 10.0. The van der Waals surface area contributed by atoms with Crippen LogP contribution in [0.4, 0.5) is 0 Å². The highest BCUT2D eigenvalue weighted by Gasteiger charge is 2.15. The fourth-order valence-electron chi connectivity index (χ4n) is 2.41. The minimum absolute atomic E-state index is 0.0246. The van der Waals surface area contributed by atoms with E-state index in [0.717, 1.165) is 16.5 Å². The third kappa shape index (κ3) is 4.22. The van der Waals surface area contributed by atoms with Crippen LogP contribution in [-0.4, -0.2) is 10.2 Å². The first kappa shape index (κ1) is 15.9. The van der Waals surface area contributed by atoms with Crippen molar-refractivity contribution in [2.75, 3.05) is 0 Å². The first-order valence-electron chi connectivity index (χ1n) is 7.04. The second-order valence-corrected chi connectivity index (χ2v) is 6.10. The number of benzene rings is 2. The maximum absolute atomic E-state index is 9.59. The summed E-state index contributed by atoms with van der Waals surface area (Å²) in [5.74, 6) is 0.158. The van der Waals surface area contributed by atoms with E-state index in [4.69, 9.17) is 0 Å². The highest BCUT2D eigenvalue weighted by atomic mass is 79.9. The molecule has 0 spiro atoms. The summed E-state index contributed by atoms with van der Waals surface area (Å²) in [6.45, 7) is 4.15. The normalized spacial score (nSPS) is 13.9. The average Bonchev–Trinajstić information content (AvgIpc) is 2.44. The number of halogens is 1. The molecule has 21 heavy (non-hydrogen) atoms. The van der Waals surface area contributed by atoms with Crippen LogP contribution >= 0.6 is 15.9 Å². The molecule has 0 heterocycles. The largest absolute Gasteiger partial charge is 0.508 e. The van der Waals surface area contributed by atoms with Crippen LogP contribution in [0.15, 0.2) is 46.9 Å². The SMILES string of the molecule is CCC(NC(C)c1cc(O)cc(O)c1)c1ccc(Br)cc1. The molecule has 2 atom stereocenters. The summed E-state index contributed by atoms with van der Waals surface area (Å²) in [4.78, 5) is 0. The maximum atomic E-state index is 9.59. The molecule has 2 unspecified atom stereocenters. The van der Waals surface area contributed by atoms with Crippen molar-refractivity contribution in [2.24, 2.45) is 0 Å². The Kier molecular flexibility index (Phi) is 5.26. The zero-order valence-corrected chi connectivity index (χ0v) is 13.8. The summed E-state index contributed by atoms with van der Waals surface area (Å²) in [6.07, 6.45) is 0.955. The van der Waals surface area contributed by atoms with Crippen molar-refractivity contribution in [3.05, 3.63) is 58.1 Å². The predicted molar refractivity (Wildman–Crippen MR) is 88.5 cm³/mol. The van der Waals surface area contributed by atoms with Crippen LogP contribution in [0.2, 0.25) is 0 Å². The Bertz CT molecular complexity index is 578. The van der Waals surface area contributed by atoms with Gasteiger partial charge in [0.15, 0.2) is 0 Å². The molecule has 3 N–H and O–H groups in total. The quantitative estimate of drug-likeness (QED) is 0.735. The molecule has 0 bridgehead atoms. The van der Waals surface area contributed by atoms with Crippen molar-refractivity contribution in [1.82, 2.24) is 5.32 Å². The Morgan fingerprint density at radius 1 is 1.00 bits per heavy atom. The van der Waals surface area contributed by atoms with Gasteiger partial charge in [0.05, 0.1) is 0 Å². The summed E-state index contributed by atoms with van der Waals surface area (Å²) in [7, 11) is 0. The van der Waals surface area contributed by atoms with Gasteiger partial charge < -0.3 is 15.5 Å². The molecule has 0 aliphatic rings. The van der Waals surface area contributed by atoms with E-state index in [1.165, 1.54) is 11.6 Å². The molecule has 3 nitrogen and oxygen atoms in total. The fourth-order valence-corrected chi connectivity index (χ4v) is 2.68. The van der Waals surface area contributed by atoms with Crippen LogP contribution in [0.1, 0.15) is 43.5 Å². The van der Waals surface area contributed by atoms with E-state index < -0.39 is 0 Å². The summed E-state index contributed by atoms with van der Waals surface area (Å²) in [5.41, 5.74) is 2.08. The summed E-state index contributed by atoms with van der Waals surface area (Å²) < 4.78 is 1.06. The molecule has 0 aliphatic heterocycles. The molecule has 0 amide bonds. The van der Waals surface area contributed by atoms with Crippen molar-refractivity contribution in [3.8, 4) is 11.5 Å². The third-order valence-electron chi connectivity index (χ3n) is 3.56. The van der Waals surface area contributed by atoms with Gasteiger partial charge in [-0.1, -0.05) is 35.0 Å². The van der Waals surface area contributed by atoms with Gasteiger partial charge in [0.1, 0.15) is 11.5 Å². The number of phenols is 2. The molecule has 2 aromatic carbocycles. The van der Waals surface area contributed by atoms with Crippen molar-refractivity contribution in [2.45, 2.75) is 32.4 Å². The monoisotopic (exact) mass is 349 g/mol. The van der Waals surface area contributed by atoms with E-state index in [9.17, 15) is 10.2 Å². The van der Waals surface area contributed by atoms with Gasteiger partial charge in [-0.3, -0.25) is 0 Å². The molecule has 2 rings (SSSR count). The summed E-state index contributed by atoms with van der Waals surface area (Å²) in [5, 5.41) is 22.7. The number of rotatable bonds is 5. The van der Waals surface area contributed by atoms with Crippen molar-refractivity contribution < 1.29 is 10.2 Å². The van der Waals surface area contributed by atoms with E-state index >= 15 is 0 Å². The van der Waals surface area contributed by atoms with Crippen molar-refractivity contribution in [1.29, 1.82) is 0 Å². The number of aromatic hydroxyl groups is 2. The highest BCUT2D eigenvalue weighted by Crippen LogP contribution is 2.28. The molecule has 0 saturated carbocycles. The van der Waals surface area contributed by atoms with E-state index in [2.05, 4.69) is 40.3 Å². The molecule has 0 aliphatic carbocycles. The average molecular weight is 350 g/mol. The molecule has 4 heteroatoms. The van der Waals surface area contributed by atoms with Crippen molar-refractivity contribution >= 4 is 15.9 Å². The van der Waals surface area contributed by atoms with Gasteiger partial charge >= 0.3 is 0 Å². The molecule has 112 valence electrons. The van der Waals surface area contributed by atoms with Crippen LogP contribution in [-0.2, 0) is 0 Å². The van der Waals surface area contributed by atoms with E-state index in [1.54, 1.807) is 12.1 Å². The number of hydrogen-bond acceptors (Lipinski definition) is 3. The van der Waals surface area contributed by atoms with Gasteiger partial charge in [-0.2, -0.15) is 0 Å². The van der Waals surface area contributed by atoms with Crippen LogP contribution in [0.25, 0.3) is 0 Å². The third-order valence-corrected chi connectivity index (χ3v) is 4.09. The molecule has 0 radical (unpaired) electrons. The molecule has 2 aromatic rings.